The topological polar surface area (TPSA) is 64.3 Å². The standard InChI is InChI=1S/C9H18N2O2/c1-8(2)5-6(13-7(10)12)9(3,4)11-8/h6,11H,5H2,1-4H3,(H2,10,12). The summed E-state index contributed by atoms with van der Waals surface area (Å²) in [5.74, 6) is 0. The summed E-state index contributed by atoms with van der Waals surface area (Å²) in [7, 11) is 0. The van der Waals surface area contributed by atoms with Crippen molar-refractivity contribution in [3.8, 4) is 0 Å². The van der Waals surface area contributed by atoms with Gasteiger partial charge in [0.2, 0.25) is 0 Å². The zero-order valence-corrected chi connectivity index (χ0v) is 8.68. The van der Waals surface area contributed by atoms with E-state index in [2.05, 4.69) is 19.2 Å². The molecule has 1 fully saturated rings. The van der Waals surface area contributed by atoms with E-state index in [4.69, 9.17) is 10.5 Å². The van der Waals surface area contributed by atoms with Gasteiger partial charge in [0.15, 0.2) is 0 Å². The Morgan fingerprint density at radius 2 is 2.00 bits per heavy atom. The quantitative estimate of drug-likeness (QED) is 0.642. The Labute approximate surface area is 78.8 Å². The summed E-state index contributed by atoms with van der Waals surface area (Å²) in [6, 6.07) is 0. The summed E-state index contributed by atoms with van der Waals surface area (Å²) < 4.78 is 5.04. The molecule has 0 saturated carbocycles. The largest absolute Gasteiger partial charge is 0.444 e. The molecule has 0 aromatic rings. The molecule has 13 heavy (non-hydrogen) atoms. The number of primary amides is 1. The van der Waals surface area contributed by atoms with E-state index in [0.29, 0.717) is 0 Å². The second-order valence-corrected chi connectivity index (χ2v) is 4.86. The van der Waals surface area contributed by atoms with Crippen molar-refractivity contribution in [2.45, 2.75) is 51.3 Å². The molecule has 1 rings (SSSR count). The van der Waals surface area contributed by atoms with Crippen molar-refractivity contribution < 1.29 is 9.53 Å². The number of hydrogen-bond acceptors (Lipinski definition) is 3. The second-order valence-electron chi connectivity index (χ2n) is 4.86. The maximum atomic E-state index is 10.6. The fourth-order valence-electron chi connectivity index (χ4n) is 2.05. The third-order valence-electron chi connectivity index (χ3n) is 2.42. The molecule has 76 valence electrons. The highest BCUT2D eigenvalue weighted by molar-refractivity contribution is 5.65. The van der Waals surface area contributed by atoms with Gasteiger partial charge in [-0.05, 0) is 27.7 Å². The lowest BCUT2D eigenvalue weighted by atomic mass is 9.97. The summed E-state index contributed by atoms with van der Waals surface area (Å²) in [4.78, 5) is 10.6. The molecule has 1 aliphatic rings. The van der Waals surface area contributed by atoms with Crippen molar-refractivity contribution in [2.75, 3.05) is 0 Å². The van der Waals surface area contributed by atoms with Crippen molar-refractivity contribution in [3.05, 3.63) is 0 Å². The summed E-state index contributed by atoms with van der Waals surface area (Å²) in [5, 5.41) is 3.39. The van der Waals surface area contributed by atoms with Crippen LogP contribution in [0.5, 0.6) is 0 Å². The minimum absolute atomic E-state index is 0.00359. The van der Waals surface area contributed by atoms with Crippen LogP contribution < -0.4 is 11.1 Å². The highest BCUT2D eigenvalue weighted by Crippen LogP contribution is 2.32. The van der Waals surface area contributed by atoms with Gasteiger partial charge in [0, 0.05) is 12.0 Å². The number of hydrogen-bond donors (Lipinski definition) is 2. The Morgan fingerprint density at radius 3 is 2.31 bits per heavy atom. The van der Waals surface area contributed by atoms with Crippen molar-refractivity contribution in [2.24, 2.45) is 5.73 Å². The van der Waals surface area contributed by atoms with Crippen LogP contribution in [0.4, 0.5) is 4.79 Å². The molecule has 0 aliphatic carbocycles. The number of rotatable bonds is 1. The van der Waals surface area contributed by atoms with Crippen LogP contribution in [0.2, 0.25) is 0 Å². The molecule has 1 heterocycles. The van der Waals surface area contributed by atoms with Gasteiger partial charge in [0.25, 0.3) is 0 Å². The lowest BCUT2D eigenvalue weighted by Crippen LogP contribution is -2.47. The fraction of sp³-hybridized carbons (Fsp3) is 0.889. The first-order chi connectivity index (χ1) is 5.73. The summed E-state index contributed by atoms with van der Waals surface area (Å²) >= 11 is 0. The Kier molecular flexibility index (Phi) is 2.28. The first-order valence-electron chi connectivity index (χ1n) is 4.48. The molecule has 0 spiro atoms. The Hall–Kier alpha value is -0.770. The number of ether oxygens (including phenoxy) is 1. The van der Waals surface area contributed by atoms with Crippen LogP contribution >= 0.6 is 0 Å². The summed E-state index contributed by atoms with van der Waals surface area (Å²) in [6.45, 7) is 8.18. The van der Waals surface area contributed by atoms with Gasteiger partial charge in [-0.1, -0.05) is 0 Å². The van der Waals surface area contributed by atoms with Gasteiger partial charge in [-0.3, -0.25) is 0 Å². The Morgan fingerprint density at radius 1 is 1.46 bits per heavy atom. The number of carbonyl (C=O) groups is 1. The molecule has 0 bridgehead atoms. The van der Waals surface area contributed by atoms with E-state index in [-0.39, 0.29) is 17.2 Å². The minimum Gasteiger partial charge on any atom is -0.444 e. The molecule has 0 aromatic carbocycles. The van der Waals surface area contributed by atoms with E-state index in [9.17, 15) is 4.79 Å². The molecule has 1 aliphatic heterocycles. The highest BCUT2D eigenvalue weighted by Gasteiger charge is 2.46. The van der Waals surface area contributed by atoms with Gasteiger partial charge in [-0.2, -0.15) is 0 Å². The summed E-state index contributed by atoms with van der Waals surface area (Å²) in [6.07, 6.45) is -0.0410. The number of nitrogens with one attached hydrogen (secondary N) is 1. The van der Waals surface area contributed by atoms with Gasteiger partial charge in [0.1, 0.15) is 6.10 Å². The third-order valence-corrected chi connectivity index (χ3v) is 2.42. The highest BCUT2D eigenvalue weighted by atomic mass is 16.6. The summed E-state index contributed by atoms with van der Waals surface area (Å²) in [5.41, 5.74) is 4.80. The van der Waals surface area contributed by atoms with Crippen molar-refractivity contribution >= 4 is 6.09 Å². The number of carbonyl (C=O) groups excluding carboxylic acids is 1. The van der Waals surface area contributed by atoms with Gasteiger partial charge in [0.05, 0.1) is 5.54 Å². The van der Waals surface area contributed by atoms with E-state index >= 15 is 0 Å². The predicted octanol–water partition coefficient (Wildman–Crippen LogP) is 1.00. The van der Waals surface area contributed by atoms with Crippen LogP contribution in [-0.4, -0.2) is 23.3 Å². The normalized spacial score (nSPS) is 30.0. The molecule has 0 aromatic heterocycles. The van der Waals surface area contributed by atoms with E-state index in [1.54, 1.807) is 0 Å². The smallest absolute Gasteiger partial charge is 0.404 e. The van der Waals surface area contributed by atoms with Crippen LogP contribution in [0.25, 0.3) is 0 Å². The zero-order valence-electron chi connectivity index (χ0n) is 8.68. The molecule has 1 atom stereocenters. The van der Waals surface area contributed by atoms with E-state index in [0.717, 1.165) is 6.42 Å². The molecule has 4 heteroatoms. The molecule has 3 N–H and O–H groups in total. The molecule has 4 nitrogen and oxygen atoms in total. The van der Waals surface area contributed by atoms with Crippen molar-refractivity contribution in [1.82, 2.24) is 5.32 Å². The maximum Gasteiger partial charge on any atom is 0.404 e. The monoisotopic (exact) mass is 186 g/mol. The molecule has 1 saturated heterocycles. The molecule has 0 radical (unpaired) electrons. The van der Waals surface area contributed by atoms with Crippen LogP contribution in [0, 0.1) is 0 Å². The number of amides is 1. The molecule has 1 unspecified atom stereocenters. The average Bonchev–Trinajstić information content (AvgIpc) is 1.98. The first kappa shape index (κ1) is 10.3. The van der Waals surface area contributed by atoms with Crippen molar-refractivity contribution in [3.63, 3.8) is 0 Å². The molecular formula is C9H18N2O2. The maximum absolute atomic E-state index is 10.6. The lowest BCUT2D eigenvalue weighted by molar-refractivity contribution is 0.0750. The molecule has 1 amide bonds. The van der Waals surface area contributed by atoms with E-state index in [1.807, 2.05) is 13.8 Å². The minimum atomic E-state index is -0.697. The van der Waals surface area contributed by atoms with Gasteiger partial charge in [-0.15, -0.1) is 0 Å². The SMILES string of the molecule is CC1(C)CC(OC(N)=O)C(C)(C)N1. The lowest BCUT2D eigenvalue weighted by Gasteiger charge is -2.27. The second kappa shape index (κ2) is 2.87. The average molecular weight is 186 g/mol. The zero-order chi connectivity index (χ0) is 10.3. The number of nitrogens with two attached hydrogens (primary N) is 1. The molecular weight excluding hydrogens is 168 g/mol. The van der Waals surface area contributed by atoms with E-state index < -0.39 is 6.09 Å². The van der Waals surface area contributed by atoms with Crippen LogP contribution in [0.1, 0.15) is 34.1 Å². The van der Waals surface area contributed by atoms with Crippen molar-refractivity contribution in [1.29, 1.82) is 0 Å². The first-order valence-corrected chi connectivity index (χ1v) is 4.48. The van der Waals surface area contributed by atoms with Gasteiger partial charge >= 0.3 is 6.09 Å². The van der Waals surface area contributed by atoms with Crippen LogP contribution in [0.3, 0.4) is 0 Å². The predicted molar refractivity (Wildman–Crippen MR) is 50.4 cm³/mol. The van der Waals surface area contributed by atoms with Crippen LogP contribution in [-0.2, 0) is 4.74 Å². The van der Waals surface area contributed by atoms with E-state index in [1.165, 1.54) is 0 Å². The van der Waals surface area contributed by atoms with Crippen LogP contribution in [0.15, 0.2) is 0 Å². The Bertz CT molecular complexity index is 224. The van der Waals surface area contributed by atoms with Gasteiger partial charge < -0.3 is 15.8 Å². The third kappa shape index (κ3) is 2.34. The Balaban J connectivity index is 2.70. The van der Waals surface area contributed by atoms with Gasteiger partial charge in [-0.25, -0.2) is 4.79 Å². The fourth-order valence-corrected chi connectivity index (χ4v) is 2.05.